The molecule has 0 saturated carbocycles. The van der Waals surface area contributed by atoms with Crippen LogP contribution in [0.15, 0.2) is 6.07 Å². The molecule has 8 heteroatoms. The number of hydrogen-bond acceptors (Lipinski definition) is 7. The number of rotatable bonds is 6. The Labute approximate surface area is 105 Å². The maximum absolute atomic E-state index is 8.84. The molecule has 0 aromatic heterocycles. The SMILES string of the molecule is COc1cc(OB(O)O)c(OC)c(OC)c1OC. The lowest BCUT2D eigenvalue weighted by molar-refractivity contribution is 0.267. The van der Waals surface area contributed by atoms with Crippen molar-refractivity contribution in [3.63, 3.8) is 0 Å². The van der Waals surface area contributed by atoms with Crippen molar-refractivity contribution in [1.82, 2.24) is 0 Å². The minimum absolute atomic E-state index is 0.0574. The van der Waals surface area contributed by atoms with Crippen molar-refractivity contribution in [2.45, 2.75) is 0 Å². The molecular weight excluding hydrogens is 243 g/mol. The van der Waals surface area contributed by atoms with Gasteiger partial charge in [-0.2, -0.15) is 0 Å². The van der Waals surface area contributed by atoms with Gasteiger partial charge < -0.3 is 33.6 Å². The Balaban J connectivity index is 3.42. The number of methoxy groups -OCH3 is 4. The maximum Gasteiger partial charge on any atom is 0.707 e. The first-order valence-corrected chi connectivity index (χ1v) is 4.98. The van der Waals surface area contributed by atoms with Crippen molar-refractivity contribution in [2.24, 2.45) is 0 Å². The van der Waals surface area contributed by atoms with Crippen LogP contribution >= 0.6 is 0 Å². The van der Waals surface area contributed by atoms with Crippen molar-refractivity contribution < 1.29 is 33.6 Å². The van der Waals surface area contributed by atoms with Gasteiger partial charge in [0.05, 0.1) is 28.4 Å². The highest BCUT2D eigenvalue weighted by Crippen LogP contribution is 2.50. The highest BCUT2D eigenvalue weighted by molar-refractivity contribution is 6.33. The zero-order chi connectivity index (χ0) is 13.7. The standard InChI is InChI=1S/C10H15BO7/c1-14-6-5-7(18-11(12)13)9(16-3)10(17-4)8(6)15-2/h5,12-13H,1-4H3. The third-order valence-corrected chi connectivity index (χ3v) is 2.19. The Bertz CT molecular complexity index is 408. The predicted octanol–water partition coefficient (Wildman–Crippen LogP) is 0.0693. The van der Waals surface area contributed by atoms with Gasteiger partial charge in [-0.25, -0.2) is 0 Å². The molecule has 1 rings (SSSR count). The second-order valence-corrected chi connectivity index (χ2v) is 3.12. The first kappa shape index (κ1) is 14.3. The predicted molar refractivity (Wildman–Crippen MR) is 63.5 cm³/mol. The zero-order valence-electron chi connectivity index (χ0n) is 10.6. The Morgan fingerprint density at radius 1 is 0.778 bits per heavy atom. The van der Waals surface area contributed by atoms with Crippen LogP contribution in [-0.2, 0) is 0 Å². The lowest BCUT2D eigenvalue weighted by Gasteiger charge is -2.18. The molecule has 100 valence electrons. The summed E-state index contributed by atoms with van der Waals surface area (Å²) < 4.78 is 25.3. The molecule has 0 atom stereocenters. The van der Waals surface area contributed by atoms with E-state index in [-0.39, 0.29) is 17.2 Å². The topological polar surface area (TPSA) is 86.6 Å². The molecule has 2 N–H and O–H groups in total. The molecule has 0 spiro atoms. The largest absolute Gasteiger partial charge is 0.707 e. The van der Waals surface area contributed by atoms with Crippen LogP contribution in [0.2, 0.25) is 0 Å². The summed E-state index contributed by atoms with van der Waals surface area (Å²) in [4.78, 5) is 0. The molecule has 1 aromatic carbocycles. The van der Waals surface area contributed by atoms with Crippen molar-refractivity contribution in [3.8, 4) is 28.7 Å². The van der Waals surface area contributed by atoms with Crippen LogP contribution in [0.25, 0.3) is 0 Å². The fraction of sp³-hybridized carbons (Fsp3) is 0.400. The second kappa shape index (κ2) is 6.22. The summed E-state index contributed by atoms with van der Waals surface area (Å²) in [6.07, 6.45) is 0. The molecule has 7 nitrogen and oxygen atoms in total. The third-order valence-electron chi connectivity index (χ3n) is 2.19. The average Bonchev–Trinajstić information content (AvgIpc) is 2.36. The summed E-state index contributed by atoms with van der Waals surface area (Å²) in [5.74, 6) is 1.09. The van der Waals surface area contributed by atoms with Crippen LogP contribution in [0.3, 0.4) is 0 Å². The molecule has 0 fully saturated rings. The molecule has 0 bridgehead atoms. The fourth-order valence-corrected chi connectivity index (χ4v) is 1.50. The molecule has 0 aliphatic rings. The van der Waals surface area contributed by atoms with Gasteiger partial charge in [0.2, 0.25) is 17.2 Å². The van der Waals surface area contributed by atoms with E-state index >= 15 is 0 Å². The van der Waals surface area contributed by atoms with Crippen LogP contribution in [0.5, 0.6) is 28.7 Å². The molecule has 1 aromatic rings. The lowest BCUT2D eigenvalue weighted by atomic mass is 10.2. The van der Waals surface area contributed by atoms with E-state index in [1.807, 2.05) is 0 Å². The van der Waals surface area contributed by atoms with E-state index < -0.39 is 7.32 Å². The molecule has 0 unspecified atom stereocenters. The van der Waals surface area contributed by atoms with E-state index in [2.05, 4.69) is 0 Å². The van der Waals surface area contributed by atoms with Crippen molar-refractivity contribution in [3.05, 3.63) is 6.07 Å². The minimum atomic E-state index is -1.98. The quantitative estimate of drug-likeness (QED) is 0.698. The van der Waals surface area contributed by atoms with Gasteiger partial charge in [-0.1, -0.05) is 0 Å². The fourth-order valence-electron chi connectivity index (χ4n) is 1.50. The first-order valence-electron chi connectivity index (χ1n) is 4.98. The highest BCUT2D eigenvalue weighted by atomic mass is 16.6. The average molecular weight is 258 g/mol. The van der Waals surface area contributed by atoms with E-state index in [9.17, 15) is 0 Å². The Hall–Kier alpha value is -1.80. The lowest BCUT2D eigenvalue weighted by Crippen LogP contribution is -2.21. The summed E-state index contributed by atoms with van der Waals surface area (Å²) in [7, 11) is 3.70. The Morgan fingerprint density at radius 3 is 1.67 bits per heavy atom. The van der Waals surface area contributed by atoms with Crippen molar-refractivity contribution in [2.75, 3.05) is 28.4 Å². The third kappa shape index (κ3) is 2.71. The molecule has 0 radical (unpaired) electrons. The van der Waals surface area contributed by atoms with Gasteiger partial charge in [-0.15, -0.1) is 0 Å². The van der Waals surface area contributed by atoms with Crippen LogP contribution in [0.4, 0.5) is 0 Å². The maximum atomic E-state index is 8.84. The summed E-state index contributed by atoms with van der Waals surface area (Å²) in [5.41, 5.74) is 0. The molecule has 18 heavy (non-hydrogen) atoms. The Kier molecular flexibility index (Phi) is 4.93. The van der Waals surface area contributed by atoms with Crippen molar-refractivity contribution in [1.29, 1.82) is 0 Å². The first-order chi connectivity index (χ1) is 8.58. The summed E-state index contributed by atoms with van der Waals surface area (Å²) in [5, 5.41) is 17.7. The molecule has 0 aliphatic carbocycles. The smallest absolute Gasteiger partial charge is 0.509 e. The van der Waals surface area contributed by atoms with Gasteiger partial charge in [0.15, 0.2) is 11.5 Å². The van der Waals surface area contributed by atoms with Gasteiger partial charge >= 0.3 is 7.32 Å². The van der Waals surface area contributed by atoms with Gasteiger partial charge in [0, 0.05) is 6.07 Å². The minimum Gasteiger partial charge on any atom is -0.509 e. The van der Waals surface area contributed by atoms with Crippen LogP contribution < -0.4 is 23.6 Å². The summed E-state index contributed by atoms with van der Waals surface area (Å²) in [6, 6.07) is 1.40. The van der Waals surface area contributed by atoms with Crippen LogP contribution in [-0.4, -0.2) is 45.8 Å². The van der Waals surface area contributed by atoms with E-state index in [4.69, 9.17) is 33.6 Å². The normalized spacial score (nSPS) is 9.67. The number of ether oxygens (including phenoxy) is 4. The summed E-state index contributed by atoms with van der Waals surface area (Å²) >= 11 is 0. The van der Waals surface area contributed by atoms with Gasteiger partial charge in [0.25, 0.3) is 0 Å². The molecular formula is C10H15BO7. The van der Waals surface area contributed by atoms with Crippen LogP contribution in [0, 0.1) is 0 Å². The van der Waals surface area contributed by atoms with Crippen molar-refractivity contribution >= 4 is 7.32 Å². The molecule has 0 aliphatic heterocycles. The van der Waals surface area contributed by atoms with Gasteiger partial charge in [0.1, 0.15) is 0 Å². The van der Waals surface area contributed by atoms with E-state index in [1.54, 1.807) is 0 Å². The zero-order valence-corrected chi connectivity index (χ0v) is 10.6. The highest BCUT2D eigenvalue weighted by Gasteiger charge is 2.25. The molecule has 0 heterocycles. The number of hydrogen-bond donors (Lipinski definition) is 2. The molecule has 0 amide bonds. The van der Waals surface area contributed by atoms with E-state index in [0.717, 1.165) is 0 Å². The number of benzene rings is 1. The van der Waals surface area contributed by atoms with Gasteiger partial charge in [-0.05, 0) is 0 Å². The second-order valence-electron chi connectivity index (χ2n) is 3.12. The van der Waals surface area contributed by atoms with Crippen LogP contribution in [0.1, 0.15) is 0 Å². The Morgan fingerprint density at radius 2 is 1.28 bits per heavy atom. The van der Waals surface area contributed by atoms with Gasteiger partial charge in [-0.3, -0.25) is 0 Å². The van der Waals surface area contributed by atoms with E-state index in [0.29, 0.717) is 11.5 Å². The van der Waals surface area contributed by atoms with E-state index in [1.165, 1.54) is 34.5 Å². The monoisotopic (exact) mass is 258 g/mol. The molecule has 0 saturated heterocycles. The summed E-state index contributed by atoms with van der Waals surface area (Å²) in [6.45, 7) is 0.